The van der Waals surface area contributed by atoms with Crippen molar-refractivity contribution in [1.82, 2.24) is 4.90 Å². The summed E-state index contributed by atoms with van der Waals surface area (Å²) in [6.45, 7) is 4.51. The van der Waals surface area contributed by atoms with Crippen LogP contribution in [0.5, 0.6) is 0 Å². The van der Waals surface area contributed by atoms with Gasteiger partial charge in [-0.05, 0) is 19.8 Å². The minimum absolute atomic E-state index is 0.182. The van der Waals surface area contributed by atoms with Crippen molar-refractivity contribution in [2.24, 2.45) is 5.92 Å². The Morgan fingerprint density at radius 3 is 2.76 bits per heavy atom. The normalized spacial score (nSPS) is 36.4. The van der Waals surface area contributed by atoms with Crippen LogP contribution in [-0.2, 0) is 9.53 Å². The second-order valence-electron chi connectivity index (χ2n) is 5.31. The van der Waals surface area contributed by atoms with Crippen LogP contribution < -0.4 is 0 Å². The first-order valence-electron chi connectivity index (χ1n) is 6.76. The summed E-state index contributed by atoms with van der Waals surface area (Å²) in [6, 6.07) is 0.572. The van der Waals surface area contributed by atoms with E-state index in [9.17, 15) is 9.90 Å². The number of hydrogen-bond donors (Lipinski definition) is 1. The number of morpholine rings is 1. The first-order chi connectivity index (χ1) is 8.20. The van der Waals surface area contributed by atoms with Crippen molar-refractivity contribution < 1.29 is 14.6 Å². The summed E-state index contributed by atoms with van der Waals surface area (Å²) in [7, 11) is 0. The van der Waals surface area contributed by atoms with Gasteiger partial charge in [0.15, 0.2) is 0 Å². The molecule has 4 heteroatoms. The number of carboxylic acid groups (broad SMARTS) is 1. The molecule has 98 valence electrons. The number of nitrogens with zero attached hydrogens (tertiary/aromatic N) is 1. The van der Waals surface area contributed by atoms with Crippen LogP contribution in [0.3, 0.4) is 0 Å². The number of hydrogen-bond acceptors (Lipinski definition) is 3. The molecular formula is C13H23NO3. The molecule has 1 N–H and O–H groups in total. The SMILES string of the molecule is CC1COCCN1C1CCCCCC1C(=O)O. The molecule has 1 heterocycles. The van der Waals surface area contributed by atoms with Crippen LogP contribution >= 0.6 is 0 Å². The maximum Gasteiger partial charge on any atom is 0.308 e. The molecule has 2 rings (SSSR count). The third kappa shape index (κ3) is 2.99. The Kier molecular flexibility index (Phi) is 4.40. The van der Waals surface area contributed by atoms with Crippen LogP contribution in [0.1, 0.15) is 39.0 Å². The van der Waals surface area contributed by atoms with Crippen molar-refractivity contribution in [2.45, 2.75) is 51.1 Å². The molecule has 4 nitrogen and oxygen atoms in total. The van der Waals surface area contributed by atoms with Crippen LogP contribution in [0.2, 0.25) is 0 Å². The number of rotatable bonds is 2. The van der Waals surface area contributed by atoms with E-state index in [1.165, 1.54) is 12.8 Å². The lowest BCUT2D eigenvalue weighted by atomic mass is 9.92. The molecule has 3 atom stereocenters. The van der Waals surface area contributed by atoms with Gasteiger partial charge in [-0.3, -0.25) is 9.69 Å². The summed E-state index contributed by atoms with van der Waals surface area (Å²) in [4.78, 5) is 13.8. The highest BCUT2D eigenvalue weighted by molar-refractivity contribution is 5.71. The second kappa shape index (κ2) is 5.83. The minimum atomic E-state index is -0.615. The highest BCUT2D eigenvalue weighted by Gasteiger charge is 2.36. The standard InChI is InChI=1S/C13H23NO3/c1-10-9-17-8-7-14(10)12-6-4-2-3-5-11(12)13(15)16/h10-12H,2-9H2,1H3,(H,15,16). The zero-order valence-electron chi connectivity index (χ0n) is 10.6. The average Bonchev–Trinajstić information content (AvgIpc) is 2.55. The van der Waals surface area contributed by atoms with E-state index in [0.717, 1.165) is 39.0 Å². The molecule has 1 saturated carbocycles. The van der Waals surface area contributed by atoms with E-state index in [2.05, 4.69) is 11.8 Å². The van der Waals surface area contributed by atoms with Crippen LogP contribution in [0.15, 0.2) is 0 Å². The van der Waals surface area contributed by atoms with Gasteiger partial charge in [0, 0.05) is 18.6 Å². The zero-order chi connectivity index (χ0) is 12.3. The molecule has 0 aromatic rings. The van der Waals surface area contributed by atoms with Crippen LogP contribution in [0, 0.1) is 5.92 Å². The largest absolute Gasteiger partial charge is 0.481 e. The molecule has 1 aliphatic heterocycles. The molecule has 1 saturated heterocycles. The van der Waals surface area contributed by atoms with E-state index >= 15 is 0 Å². The molecule has 1 aliphatic carbocycles. The Morgan fingerprint density at radius 1 is 1.29 bits per heavy atom. The molecule has 2 aliphatic rings. The van der Waals surface area contributed by atoms with Gasteiger partial charge in [0.05, 0.1) is 19.1 Å². The summed E-state index contributed by atoms with van der Waals surface area (Å²) in [5.41, 5.74) is 0. The lowest BCUT2D eigenvalue weighted by Crippen LogP contribution is -2.53. The van der Waals surface area contributed by atoms with E-state index in [1.807, 2.05) is 0 Å². The lowest BCUT2D eigenvalue weighted by Gasteiger charge is -2.41. The van der Waals surface area contributed by atoms with Crippen molar-refractivity contribution in [3.05, 3.63) is 0 Å². The molecule has 0 amide bonds. The Hall–Kier alpha value is -0.610. The lowest BCUT2D eigenvalue weighted by molar-refractivity contribution is -0.146. The van der Waals surface area contributed by atoms with E-state index in [-0.39, 0.29) is 12.0 Å². The monoisotopic (exact) mass is 241 g/mol. The fourth-order valence-electron chi connectivity index (χ4n) is 3.21. The minimum Gasteiger partial charge on any atom is -0.481 e. The molecule has 17 heavy (non-hydrogen) atoms. The third-order valence-corrected chi connectivity index (χ3v) is 4.14. The second-order valence-corrected chi connectivity index (χ2v) is 5.31. The summed E-state index contributed by atoms with van der Waals surface area (Å²) < 4.78 is 5.44. The molecule has 0 aromatic carbocycles. The van der Waals surface area contributed by atoms with Crippen molar-refractivity contribution in [1.29, 1.82) is 0 Å². The first kappa shape index (κ1) is 12.8. The van der Waals surface area contributed by atoms with Crippen molar-refractivity contribution in [2.75, 3.05) is 19.8 Å². The molecule has 0 aromatic heterocycles. The molecule has 2 fully saturated rings. The van der Waals surface area contributed by atoms with Gasteiger partial charge in [0.25, 0.3) is 0 Å². The molecular weight excluding hydrogens is 218 g/mol. The van der Waals surface area contributed by atoms with Gasteiger partial charge < -0.3 is 9.84 Å². The Labute approximate surface area is 103 Å². The van der Waals surface area contributed by atoms with Crippen LogP contribution in [0.25, 0.3) is 0 Å². The fraction of sp³-hybridized carbons (Fsp3) is 0.923. The van der Waals surface area contributed by atoms with Gasteiger partial charge in [-0.15, -0.1) is 0 Å². The van der Waals surface area contributed by atoms with E-state index in [0.29, 0.717) is 6.04 Å². The number of aliphatic carboxylic acids is 1. The maximum atomic E-state index is 11.4. The summed E-state index contributed by atoms with van der Waals surface area (Å²) in [5.74, 6) is -0.798. The Morgan fingerprint density at radius 2 is 2.06 bits per heavy atom. The number of carboxylic acids is 1. The third-order valence-electron chi connectivity index (χ3n) is 4.14. The summed E-state index contributed by atoms with van der Waals surface area (Å²) in [5, 5.41) is 9.39. The van der Waals surface area contributed by atoms with Gasteiger partial charge in [-0.25, -0.2) is 0 Å². The predicted molar refractivity (Wildman–Crippen MR) is 65.0 cm³/mol. The maximum absolute atomic E-state index is 11.4. The molecule has 3 unspecified atom stereocenters. The first-order valence-corrected chi connectivity index (χ1v) is 6.76. The van der Waals surface area contributed by atoms with Gasteiger partial charge >= 0.3 is 5.97 Å². The van der Waals surface area contributed by atoms with Gasteiger partial charge in [0.2, 0.25) is 0 Å². The van der Waals surface area contributed by atoms with Crippen molar-refractivity contribution in [3.8, 4) is 0 Å². The molecule has 0 bridgehead atoms. The van der Waals surface area contributed by atoms with Gasteiger partial charge in [-0.1, -0.05) is 19.3 Å². The van der Waals surface area contributed by atoms with Crippen LogP contribution in [-0.4, -0.2) is 47.8 Å². The predicted octanol–water partition coefficient (Wildman–Crippen LogP) is 1.74. The summed E-state index contributed by atoms with van der Waals surface area (Å²) >= 11 is 0. The van der Waals surface area contributed by atoms with E-state index < -0.39 is 5.97 Å². The highest BCUT2D eigenvalue weighted by atomic mass is 16.5. The molecule has 0 radical (unpaired) electrons. The van der Waals surface area contributed by atoms with E-state index in [4.69, 9.17) is 4.74 Å². The van der Waals surface area contributed by atoms with Crippen molar-refractivity contribution in [3.63, 3.8) is 0 Å². The van der Waals surface area contributed by atoms with Crippen molar-refractivity contribution >= 4 is 5.97 Å². The van der Waals surface area contributed by atoms with Gasteiger partial charge in [0.1, 0.15) is 0 Å². The number of ether oxygens (including phenoxy) is 1. The topological polar surface area (TPSA) is 49.8 Å². The number of carbonyl (C=O) groups is 1. The Balaban J connectivity index is 2.10. The average molecular weight is 241 g/mol. The van der Waals surface area contributed by atoms with Gasteiger partial charge in [-0.2, -0.15) is 0 Å². The fourth-order valence-corrected chi connectivity index (χ4v) is 3.21. The molecule has 0 spiro atoms. The van der Waals surface area contributed by atoms with Crippen LogP contribution in [0.4, 0.5) is 0 Å². The summed E-state index contributed by atoms with van der Waals surface area (Å²) in [6.07, 6.45) is 5.27. The van der Waals surface area contributed by atoms with E-state index in [1.54, 1.807) is 0 Å². The zero-order valence-corrected chi connectivity index (χ0v) is 10.6. The smallest absolute Gasteiger partial charge is 0.308 e. The highest BCUT2D eigenvalue weighted by Crippen LogP contribution is 2.29. The quantitative estimate of drug-likeness (QED) is 0.748. The Bertz CT molecular complexity index is 269.